The van der Waals surface area contributed by atoms with E-state index in [4.69, 9.17) is 46.4 Å². The van der Waals surface area contributed by atoms with Crippen LogP contribution in [0.2, 0.25) is 20.1 Å². The van der Waals surface area contributed by atoms with Gasteiger partial charge in [0.25, 0.3) is 11.1 Å². The number of pyridine rings is 2. The Hall–Kier alpha value is -5.48. The molecule has 0 spiro atoms. The average molecular weight is 1010 g/mol. The Labute approximate surface area is 396 Å². The van der Waals surface area contributed by atoms with Crippen molar-refractivity contribution < 1.29 is 28.7 Å². The second-order valence-corrected chi connectivity index (χ2v) is 20.6. The highest BCUT2D eigenvalue weighted by molar-refractivity contribution is 7.70. The van der Waals surface area contributed by atoms with Gasteiger partial charge in [-0.1, -0.05) is 96.6 Å². The van der Waals surface area contributed by atoms with Crippen LogP contribution < -0.4 is 21.8 Å². The van der Waals surface area contributed by atoms with Crippen molar-refractivity contribution in [2.24, 2.45) is 14.1 Å². The SMILES string of the molecule is CC(C)c1ccc(Nc2ncc3cc(-c4c(Cl)cccc4Cl)c(=O)n(C)c3n2)cc1.Cn1c(=O)c(-c2c(Cl)cccc2Cl)cc2cnc(Nc3ccc(C(P(=O)(O)O)P(=O)(O)O)cc3)nc21. The van der Waals surface area contributed by atoms with Crippen LogP contribution in [-0.4, -0.2) is 48.6 Å². The number of aryl methyl sites for hydroxylation is 2. The van der Waals surface area contributed by atoms with Gasteiger partial charge in [0.2, 0.25) is 11.9 Å². The van der Waals surface area contributed by atoms with Crippen molar-refractivity contribution in [3.05, 3.63) is 161 Å². The molecule has 16 nitrogen and oxygen atoms in total. The average Bonchev–Trinajstić information content (AvgIpc) is 3.24. The standard InChI is InChI=1S/C23H20Cl2N4O.C21H18Cl2N4O7P2/c1-13(2)14-7-9-16(10-8-14)27-23-26-12-15-11-17(22(30)29(3)21(15)28-23)20-18(24)5-4-6-19(20)25;1-27-18-12(9-14(19(27)28)17-15(22)3-2-4-16(17)23)10-24-21(26-18)25-13-7-5-11(6-8-13)20(35(29,30)31)36(32,33)34/h4-13H,1-3H3,(H,26,27,28);2-10,20H,1H3,(H,24,25,26)(H2,29,30,31)(H2,32,33,34). The van der Waals surface area contributed by atoms with Gasteiger partial charge in [-0.25, -0.2) is 9.97 Å². The summed E-state index contributed by atoms with van der Waals surface area (Å²) in [4.78, 5) is 81.2. The van der Waals surface area contributed by atoms with Gasteiger partial charge < -0.3 is 30.2 Å². The molecule has 0 bridgehead atoms. The third kappa shape index (κ3) is 10.4. The predicted molar refractivity (Wildman–Crippen MR) is 261 cm³/mol. The zero-order valence-corrected chi connectivity index (χ0v) is 39.9. The molecule has 0 aliphatic heterocycles. The van der Waals surface area contributed by atoms with Gasteiger partial charge in [-0.3, -0.25) is 27.9 Å². The number of nitrogens with one attached hydrogen (secondary N) is 2. The molecule has 0 saturated heterocycles. The molecule has 66 heavy (non-hydrogen) atoms. The largest absolute Gasteiger partial charge is 0.345 e. The molecule has 0 aliphatic carbocycles. The second kappa shape index (κ2) is 19.4. The Morgan fingerprint density at radius 2 is 0.909 bits per heavy atom. The molecule has 340 valence electrons. The molecule has 8 rings (SSSR count). The number of aromatic nitrogens is 6. The summed E-state index contributed by atoms with van der Waals surface area (Å²) in [7, 11) is -7.05. The van der Waals surface area contributed by atoms with Crippen molar-refractivity contribution in [3.8, 4) is 22.3 Å². The lowest BCUT2D eigenvalue weighted by molar-refractivity contribution is 0.340. The van der Waals surface area contributed by atoms with E-state index < -0.39 is 20.6 Å². The van der Waals surface area contributed by atoms with Crippen molar-refractivity contribution in [3.63, 3.8) is 0 Å². The molecule has 4 aromatic heterocycles. The number of hydrogen-bond acceptors (Lipinski definition) is 10. The van der Waals surface area contributed by atoms with Crippen LogP contribution in [0.1, 0.15) is 36.3 Å². The second-order valence-electron chi connectivity index (χ2n) is 15.2. The van der Waals surface area contributed by atoms with Crippen LogP contribution >= 0.6 is 61.6 Å². The summed E-state index contributed by atoms with van der Waals surface area (Å²) in [5.41, 5.74) is 4.09. The number of hydrogen-bond donors (Lipinski definition) is 6. The first kappa shape index (κ1) is 48.5. The normalized spacial score (nSPS) is 11.8. The van der Waals surface area contributed by atoms with E-state index in [1.807, 2.05) is 12.1 Å². The molecule has 0 unspecified atom stereocenters. The van der Waals surface area contributed by atoms with E-state index in [-0.39, 0.29) is 28.2 Å². The minimum atomic E-state index is -5.13. The number of anilines is 4. The Morgan fingerprint density at radius 3 is 1.24 bits per heavy atom. The molecule has 6 N–H and O–H groups in total. The summed E-state index contributed by atoms with van der Waals surface area (Å²) < 4.78 is 26.0. The monoisotopic (exact) mass is 1010 g/mol. The Balaban J connectivity index is 0.000000199. The van der Waals surface area contributed by atoms with Crippen LogP contribution in [0.3, 0.4) is 0 Å². The summed E-state index contributed by atoms with van der Waals surface area (Å²) in [5.74, 6) is 0.986. The first-order valence-electron chi connectivity index (χ1n) is 19.6. The minimum absolute atomic E-state index is 0.107. The van der Waals surface area contributed by atoms with Crippen LogP contribution in [0.4, 0.5) is 23.3 Å². The van der Waals surface area contributed by atoms with Gasteiger partial charge >= 0.3 is 15.2 Å². The summed E-state index contributed by atoms with van der Waals surface area (Å²) in [6.45, 7) is 4.30. The third-order valence-corrected chi connectivity index (χ3v) is 15.2. The molecule has 0 radical (unpaired) electrons. The van der Waals surface area contributed by atoms with Gasteiger partial charge in [0, 0.05) is 59.8 Å². The van der Waals surface area contributed by atoms with Gasteiger partial charge in [0.05, 0.1) is 31.2 Å². The van der Waals surface area contributed by atoms with Crippen molar-refractivity contribution in [1.82, 2.24) is 29.1 Å². The van der Waals surface area contributed by atoms with E-state index in [1.54, 1.807) is 61.8 Å². The summed E-state index contributed by atoms with van der Waals surface area (Å²) in [5, 5.41) is 6.53. The zero-order valence-electron chi connectivity index (χ0n) is 35.1. The maximum Gasteiger partial charge on any atom is 0.345 e. The summed E-state index contributed by atoms with van der Waals surface area (Å²) in [6, 6.07) is 26.6. The van der Waals surface area contributed by atoms with E-state index >= 15 is 0 Å². The fourth-order valence-corrected chi connectivity index (χ4v) is 10.9. The lowest BCUT2D eigenvalue weighted by Gasteiger charge is -2.20. The van der Waals surface area contributed by atoms with Crippen LogP contribution in [0.15, 0.2) is 119 Å². The Bertz CT molecular complexity index is 3320. The fraction of sp³-hybridized carbons (Fsp3) is 0.136. The van der Waals surface area contributed by atoms with Crippen LogP contribution in [-0.2, 0) is 23.2 Å². The topological polar surface area (TPSA) is 235 Å². The van der Waals surface area contributed by atoms with Gasteiger partial charge in [-0.2, -0.15) is 9.97 Å². The highest BCUT2D eigenvalue weighted by atomic mass is 35.5. The number of benzene rings is 4. The lowest BCUT2D eigenvalue weighted by Crippen LogP contribution is -2.20. The van der Waals surface area contributed by atoms with E-state index in [0.717, 1.165) is 5.69 Å². The quantitative estimate of drug-likeness (QED) is 0.0700. The van der Waals surface area contributed by atoms with Crippen LogP contribution in [0.25, 0.3) is 44.3 Å². The van der Waals surface area contributed by atoms with Crippen molar-refractivity contribution in [2.75, 3.05) is 10.6 Å². The summed E-state index contributed by atoms with van der Waals surface area (Å²) >= 11 is 25.2. The van der Waals surface area contributed by atoms with Crippen molar-refractivity contribution >= 4 is 107 Å². The van der Waals surface area contributed by atoms with Gasteiger partial charge in [-0.15, -0.1) is 0 Å². The molecule has 22 heteroatoms. The van der Waals surface area contributed by atoms with E-state index in [9.17, 15) is 38.3 Å². The molecule has 0 saturated carbocycles. The molecular formula is C44H38Cl4N8O8P2. The van der Waals surface area contributed by atoms with Crippen LogP contribution in [0, 0.1) is 0 Å². The Morgan fingerprint density at radius 1 is 0.561 bits per heavy atom. The van der Waals surface area contributed by atoms with E-state index in [0.29, 0.717) is 76.4 Å². The minimum Gasteiger partial charge on any atom is -0.324 e. The Kier molecular flexibility index (Phi) is 14.2. The number of fused-ring (bicyclic) bond motifs is 2. The summed E-state index contributed by atoms with van der Waals surface area (Å²) in [6.07, 6.45) is 3.17. The molecule has 4 heterocycles. The van der Waals surface area contributed by atoms with E-state index in [1.165, 1.54) is 52.2 Å². The number of halogens is 4. The number of rotatable bonds is 10. The molecule has 8 aromatic rings. The molecule has 0 amide bonds. The molecule has 0 fully saturated rings. The molecule has 0 aliphatic rings. The highest BCUT2D eigenvalue weighted by Crippen LogP contribution is 2.69. The maximum absolute atomic E-state index is 13.1. The third-order valence-electron chi connectivity index (χ3n) is 10.3. The first-order chi connectivity index (χ1) is 31.1. The van der Waals surface area contributed by atoms with Gasteiger partial charge in [0.1, 0.15) is 11.3 Å². The first-order valence-corrected chi connectivity index (χ1v) is 24.5. The molecule has 0 atom stereocenters. The van der Waals surface area contributed by atoms with E-state index in [2.05, 4.69) is 56.5 Å². The highest BCUT2D eigenvalue weighted by Gasteiger charge is 2.44. The van der Waals surface area contributed by atoms with Crippen LogP contribution in [0.5, 0.6) is 0 Å². The fourth-order valence-electron chi connectivity index (χ4n) is 7.01. The molecule has 4 aromatic carbocycles. The maximum atomic E-state index is 13.1. The van der Waals surface area contributed by atoms with Gasteiger partial charge in [0.15, 0.2) is 5.40 Å². The smallest absolute Gasteiger partial charge is 0.324 e. The molecular weight excluding hydrogens is 972 g/mol. The van der Waals surface area contributed by atoms with Gasteiger partial charge in [-0.05, 0) is 77.7 Å². The lowest BCUT2D eigenvalue weighted by atomic mass is 10.0. The zero-order chi connectivity index (χ0) is 47.8. The number of nitrogens with zero attached hydrogens (tertiary/aromatic N) is 6. The van der Waals surface area contributed by atoms with Crippen molar-refractivity contribution in [1.29, 1.82) is 0 Å². The van der Waals surface area contributed by atoms with Crippen molar-refractivity contribution in [2.45, 2.75) is 25.2 Å². The predicted octanol–water partition coefficient (Wildman–Crippen LogP) is 10.6.